The molecule has 0 atom stereocenters. The predicted octanol–water partition coefficient (Wildman–Crippen LogP) is 2.76. The summed E-state index contributed by atoms with van der Waals surface area (Å²) < 4.78 is 16.6. The van der Waals surface area contributed by atoms with Gasteiger partial charge in [0.25, 0.3) is 0 Å². The van der Waals surface area contributed by atoms with Gasteiger partial charge < -0.3 is 19.4 Å². The van der Waals surface area contributed by atoms with Crippen LogP contribution in [0, 0.1) is 0 Å². The van der Waals surface area contributed by atoms with E-state index >= 15 is 0 Å². The summed E-state index contributed by atoms with van der Waals surface area (Å²) >= 11 is 1.42. The Hall–Kier alpha value is -2.12. The Bertz CT molecular complexity index is 753. The number of fused-ring (bicyclic) bond motifs is 1. The van der Waals surface area contributed by atoms with Gasteiger partial charge in [0.05, 0.1) is 31.3 Å². The van der Waals surface area contributed by atoms with Crippen molar-refractivity contribution in [1.82, 2.24) is 13.9 Å². The highest BCUT2D eigenvalue weighted by atomic mass is 32.1. The van der Waals surface area contributed by atoms with Gasteiger partial charge in [0.1, 0.15) is 0 Å². The van der Waals surface area contributed by atoms with E-state index in [0.29, 0.717) is 19.0 Å². The van der Waals surface area contributed by atoms with Gasteiger partial charge >= 0.3 is 0 Å². The van der Waals surface area contributed by atoms with E-state index in [4.69, 9.17) is 9.47 Å². The zero-order chi connectivity index (χ0) is 15.4. The van der Waals surface area contributed by atoms with Gasteiger partial charge in [-0.25, -0.2) is 4.98 Å². The second kappa shape index (κ2) is 6.76. The number of methoxy groups -OCH3 is 2. The monoisotopic (exact) mass is 318 g/mol. The number of imidazole rings is 1. The van der Waals surface area contributed by atoms with Crippen LogP contribution in [0.25, 0.3) is 11.0 Å². The van der Waals surface area contributed by atoms with Crippen molar-refractivity contribution in [3.63, 3.8) is 0 Å². The predicted molar refractivity (Wildman–Crippen MR) is 87.6 cm³/mol. The molecule has 0 unspecified atom stereocenters. The van der Waals surface area contributed by atoms with Crippen molar-refractivity contribution in [2.24, 2.45) is 0 Å². The number of rotatable bonds is 7. The molecular formula is C15H18N4O2S. The van der Waals surface area contributed by atoms with Gasteiger partial charge in [-0.3, -0.25) is 0 Å². The maximum Gasteiger partial charge on any atom is 0.225 e. The molecule has 1 N–H and O–H groups in total. The lowest BCUT2D eigenvalue weighted by Crippen LogP contribution is -2.10. The molecule has 0 bridgehead atoms. The van der Waals surface area contributed by atoms with Crippen LogP contribution in [0.15, 0.2) is 30.3 Å². The van der Waals surface area contributed by atoms with Gasteiger partial charge in [0.15, 0.2) is 0 Å². The zero-order valence-electron chi connectivity index (χ0n) is 12.6. The van der Waals surface area contributed by atoms with Crippen LogP contribution in [0.3, 0.4) is 0 Å². The van der Waals surface area contributed by atoms with Crippen LogP contribution in [-0.2, 0) is 17.8 Å². The van der Waals surface area contributed by atoms with Crippen LogP contribution in [0.1, 0.15) is 4.88 Å². The van der Waals surface area contributed by atoms with Gasteiger partial charge in [-0.05, 0) is 23.7 Å². The lowest BCUT2D eigenvalue weighted by Gasteiger charge is -2.09. The maximum absolute atomic E-state index is 5.20. The minimum atomic E-state index is 0.642. The summed E-state index contributed by atoms with van der Waals surface area (Å²) in [7, 11) is 3.33. The Labute approximate surface area is 132 Å². The second-order valence-corrected chi connectivity index (χ2v) is 5.65. The molecule has 0 saturated heterocycles. The van der Waals surface area contributed by atoms with E-state index in [1.54, 1.807) is 14.2 Å². The van der Waals surface area contributed by atoms with E-state index in [1.807, 2.05) is 24.3 Å². The summed E-state index contributed by atoms with van der Waals surface area (Å²) in [6.45, 7) is 2.06. The molecule has 0 aliphatic heterocycles. The molecule has 3 rings (SSSR count). The molecule has 0 saturated carbocycles. The Balaban J connectivity index is 1.82. The third-order valence-corrected chi connectivity index (χ3v) is 4.11. The summed E-state index contributed by atoms with van der Waals surface area (Å²) in [5, 5.41) is 3.38. The Morgan fingerprint density at radius 3 is 2.91 bits per heavy atom. The summed E-state index contributed by atoms with van der Waals surface area (Å²) in [6.07, 6.45) is 0. The molecule has 0 radical (unpaired) electrons. The first-order valence-corrected chi connectivity index (χ1v) is 7.77. The Morgan fingerprint density at radius 2 is 2.14 bits per heavy atom. The van der Waals surface area contributed by atoms with Crippen molar-refractivity contribution in [3.05, 3.63) is 35.2 Å². The van der Waals surface area contributed by atoms with Crippen molar-refractivity contribution in [2.75, 3.05) is 26.1 Å². The van der Waals surface area contributed by atoms with Crippen molar-refractivity contribution < 1.29 is 9.47 Å². The molecule has 1 aromatic carbocycles. The van der Waals surface area contributed by atoms with Crippen LogP contribution < -0.4 is 10.1 Å². The highest BCUT2D eigenvalue weighted by molar-refractivity contribution is 7.05. The van der Waals surface area contributed by atoms with Crippen molar-refractivity contribution in [3.8, 4) is 5.88 Å². The quantitative estimate of drug-likeness (QED) is 0.726. The summed E-state index contributed by atoms with van der Waals surface area (Å²) in [5.74, 6) is 1.49. The standard InChI is InChI=1S/C15H18N4O2S/c1-20-8-7-19-13-6-4-3-5-12(13)17-15(19)16-10-11-9-14(21-2)18-22-11/h3-6,9H,7-8,10H2,1-2H3,(H,16,17). The Morgan fingerprint density at radius 1 is 1.27 bits per heavy atom. The number of anilines is 1. The van der Waals surface area contributed by atoms with Crippen molar-refractivity contribution >= 4 is 28.5 Å². The minimum absolute atomic E-state index is 0.642. The number of ether oxygens (including phenoxy) is 2. The molecular weight excluding hydrogens is 300 g/mol. The van der Waals surface area contributed by atoms with Gasteiger partial charge in [0, 0.05) is 24.6 Å². The second-order valence-electron chi connectivity index (χ2n) is 4.76. The molecule has 0 aliphatic carbocycles. The number of para-hydroxylation sites is 2. The van der Waals surface area contributed by atoms with Crippen LogP contribution >= 0.6 is 11.5 Å². The molecule has 2 aromatic heterocycles. The van der Waals surface area contributed by atoms with Crippen molar-refractivity contribution in [2.45, 2.75) is 13.1 Å². The third kappa shape index (κ3) is 3.05. The van der Waals surface area contributed by atoms with E-state index in [9.17, 15) is 0 Å². The van der Waals surface area contributed by atoms with E-state index in [1.165, 1.54) is 11.5 Å². The molecule has 2 heterocycles. The first-order valence-electron chi connectivity index (χ1n) is 6.99. The Kier molecular flexibility index (Phi) is 4.55. The highest BCUT2D eigenvalue weighted by Crippen LogP contribution is 2.21. The number of hydrogen-bond donors (Lipinski definition) is 1. The molecule has 0 aliphatic rings. The fourth-order valence-corrected chi connectivity index (χ4v) is 2.88. The lowest BCUT2D eigenvalue weighted by molar-refractivity contribution is 0.189. The average Bonchev–Trinajstić information content (AvgIpc) is 3.15. The summed E-state index contributed by atoms with van der Waals surface area (Å²) in [4.78, 5) is 5.76. The number of nitrogens with one attached hydrogen (secondary N) is 1. The topological polar surface area (TPSA) is 61.2 Å². The van der Waals surface area contributed by atoms with Crippen LogP contribution in [0.2, 0.25) is 0 Å². The molecule has 6 nitrogen and oxygen atoms in total. The smallest absolute Gasteiger partial charge is 0.225 e. The largest absolute Gasteiger partial charge is 0.480 e. The van der Waals surface area contributed by atoms with Gasteiger partial charge in [-0.15, -0.1) is 0 Å². The maximum atomic E-state index is 5.20. The van der Waals surface area contributed by atoms with Gasteiger partial charge in [0.2, 0.25) is 11.8 Å². The van der Waals surface area contributed by atoms with E-state index in [2.05, 4.69) is 25.3 Å². The van der Waals surface area contributed by atoms with Crippen molar-refractivity contribution in [1.29, 1.82) is 0 Å². The van der Waals surface area contributed by atoms with Crippen LogP contribution in [0.5, 0.6) is 5.88 Å². The number of aromatic nitrogens is 3. The lowest BCUT2D eigenvalue weighted by atomic mass is 10.3. The fourth-order valence-electron chi connectivity index (χ4n) is 2.26. The third-order valence-electron chi connectivity index (χ3n) is 3.34. The minimum Gasteiger partial charge on any atom is -0.480 e. The molecule has 3 aromatic rings. The first-order chi connectivity index (χ1) is 10.8. The van der Waals surface area contributed by atoms with Gasteiger partial charge in [-0.1, -0.05) is 12.1 Å². The SMILES string of the molecule is COCCn1c(NCc2cc(OC)ns2)nc2ccccc21. The molecule has 0 fully saturated rings. The summed E-state index contributed by atoms with van der Waals surface area (Å²) in [6, 6.07) is 10.0. The first kappa shape index (κ1) is 14.8. The molecule has 0 spiro atoms. The highest BCUT2D eigenvalue weighted by Gasteiger charge is 2.10. The summed E-state index contributed by atoms with van der Waals surface area (Å²) in [5.41, 5.74) is 2.08. The fraction of sp³-hybridized carbons (Fsp3) is 0.333. The van der Waals surface area contributed by atoms with E-state index < -0.39 is 0 Å². The molecule has 7 heteroatoms. The number of nitrogens with zero attached hydrogens (tertiary/aromatic N) is 3. The van der Waals surface area contributed by atoms with E-state index in [0.717, 1.165) is 28.4 Å². The van der Waals surface area contributed by atoms with Crippen LogP contribution in [0.4, 0.5) is 5.95 Å². The number of hydrogen-bond acceptors (Lipinski definition) is 6. The van der Waals surface area contributed by atoms with E-state index in [-0.39, 0.29) is 0 Å². The molecule has 116 valence electrons. The normalized spacial score (nSPS) is 11.0. The number of benzene rings is 1. The molecule has 0 amide bonds. The van der Waals surface area contributed by atoms with Crippen LogP contribution in [-0.4, -0.2) is 34.8 Å². The van der Waals surface area contributed by atoms with Gasteiger partial charge in [-0.2, -0.15) is 4.37 Å². The molecule has 22 heavy (non-hydrogen) atoms. The average molecular weight is 318 g/mol. The zero-order valence-corrected chi connectivity index (χ0v) is 13.4.